The second kappa shape index (κ2) is 6.43. The summed E-state index contributed by atoms with van der Waals surface area (Å²) in [6, 6.07) is 12.3. The fourth-order valence-electron chi connectivity index (χ4n) is 2.07. The molecule has 2 aromatic heterocycles. The van der Waals surface area contributed by atoms with Gasteiger partial charge in [0.25, 0.3) is 0 Å². The molecule has 106 valence electrons. The molecule has 1 aromatic carbocycles. The summed E-state index contributed by atoms with van der Waals surface area (Å²) in [6.45, 7) is 0. The molecule has 0 radical (unpaired) electrons. The predicted octanol–water partition coefficient (Wildman–Crippen LogP) is 3.67. The number of pyridine rings is 1. The minimum atomic E-state index is 0.0533. The molecule has 1 atom stereocenters. The molecule has 3 rings (SSSR count). The van der Waals surface area contributed by atoms with Gasteiger partial charge in [-0.1, -0.05) is 41.7 Å². The Labute approximate surface area is 135 Å². The highest BCUT2D eigenvalue weighted by Crippen LogP contribution is 2.30. The van der Waals surface area contributed by atoms with Crippen LogP contribution in [0.25, 0.3) is 10.6 Å². The average molecular weight is 361 g/mol. The van der Waals surface area contributed by atoms with Crippen LogP contribution in [0.2, 0.25) is 0 Å². The predicted molar refractivity (Wildman–Crippen MR) is 88.2 cm³/mol. The number of aromatic nitrogens is 3. The molecule has 0 aliphatic carbocycles. The second-order valence-electron chi connectivity index (χ2n) is 4.47. The molecule has 0 aliphatic rings. The number of hydrogen-bond acceptors (Lipinski definition) is 5. The summed E-state index contributed by atoms with van der Waals surface area (Å²) >= 11 is 5.00. The van der Waals surface area contributed by atoms with Gasteiger partial charge in [0.15, 0.2) is 0 Å². The first kappa shape index (κ1) is 14.3. The maximum atomic E-state index is 4.33. The molecule has 0 saturated heterocycles. The lowest BCUT2D eigenvalue weighted by Crippen LogP contribution is -2.17. The lowest BCUT2D eigenvalue weighted by Gasteiger charge is -2.12. The Hall–Kier alpha value is -1.63. The fraction of sp³-hybridized carbons (Fsp3) is 0.133. The van der Waals surface area contributed by atoms with Crippen LogP contribution in [0, 0.1) is 0 Å². The molecule has 21 heavy (non-hydrogen) atoms. The highest BCUT2D eigenvalue weighted by molar-refractivity contribution is 9.10. The second-order valence-corrected chi connectivity index (χ2v) is 6.39. The average Bonchev–Trinajstić information content (AvgIpc) is 2.99. The molecule has 0 amide bonds. The third kappa shape index (κ3) is 3.18. The maximum Gasteiger partial charge on any atom is 0.149 e. The molecule has 1 unspecified atom stereocenters. The Kier molecular flexibility index (Phi) is 4.38. The standard InChI is InChI=1S/C15H13BrN4S/c1-17-13(10-5-3-2-4-6-10)15-20-19-14(21-15)11-7-12(16)9-18-8-11/h2-9,13,17H,1H3. The summed E-state index contributed by atoms with van der Waals surface area (Å²) in [7, 11) is 1.93. The summed E-state index contributed by atoms with van der Waals surface area (Å²) in [5.41, 5.74) is 2.14. The van der Waals surface area contributed by atoms with Crippen LogP contribution in [0.15, 0.2) is 53.3 Å². The van der Waals surface area contributed by atoms with Crippen LogP contribution < -0.4 is 5.32 Å². The summed E-state index contributed by atoms with van der Waals surface area (Å²) in [4.78, 5) is 4.17. The minimum Gasteiger partial charge on any atom is -0.307 e. The highest BCUT2D eigenvalue weighted by atomic mass is 79.9. The Morgan fingerprint density at radius 2 is 1.95 bits per heavy atom. The molecule has 1 N–H and O–H groups in total. The van der Waals surface area contributed by atoms with E-state index in [0.717, 1.165) is 20.1 Å². The Morgan fingerprint density at radius 1 is 1.14 bits per heavy atom. The zero-order valence-corrected chi connectivity index (χ0v) is 13.7. The van der Waals surface area contributed by atoms with Crippen molar-refractivity contribution >= 4 is 27.3 Å². The van der Waals surface area contributed by atoms with Gasteiger partial charge >= 0.3 is 0 Å². The lowest BCUT2D eigenvalue weighted by atomic mass is 10.1. The summed E-state index contributed by atoms with van der Waals surface area (Å²) in [5.74, 6) is 0. The highest BCUT2D eigenvalue weighted by Gasteiger charge is 2.17. The molecular weight excluding hydrogens is 348 g/mol. The van der Waals surface area contributed by atoms with Crippen molar-refractivity contribution in [1.82, 2.24) is 20.5 Å². The molecular formula is C15H13BrN4S. The van der Waals surface area contributed by atoms with Crippen LogP contribution in [0.4, 0.5) is 0 Å². The largest absolute Gasteiger partial charge is 0.307 e. The number of halogens is 1. The first-order valence-electron chi connectivity index (χ1n) is 6.44. The number of nitrogens with zero attached hydrogens (tertiary/aromatic N) is 3. The number of benzene rings is 1. The summed E-state index contributed by atoms with van der Waals surface area (Å²) in [6.07, 6.45) is 3.55. The Morgan fingerprint density at radius 3 is 2.67 bits per heavy atom. The number of nitrogens with one attached hydrogen (secondary N) is 1. The van der Waals surface area contributed by atoms with Crippen molar-refractivity contribution in [2.45, 2.75) is 6.04 Å². The summed E-state index contributed by atoms with van der Waals surface area (Å²) in [5, 5.41) is 13.7. The quantitative estimate of drug-likeness (QED) is 0.770. The van der Waals surface area contributed by atoms with Gasteiger partial charge in [-0.2, -0.15) is 0 Å². The van der Waals surface area contributed by atoms with E-state index < -0.39 is 0 Å². The Balaban J connectivity index is 1.94. The topological polar surface area (TPSA) is 50.7 Å². The maximum absolute atomic E-state index is 4.33. The van der Waals surface area contributed by atoms with Crippen molar-refractivity contribution in [3.63, 3.8) is 0 Å². The van der Waals surface area contributed by atoms with Crippen molar-refractivity contribution in [3.8, 4) is 10.6 Å². The van der Waals surface area contributed by atoms with Gasteiger partial charge in [-0.25, -0.2) is 0 Å². The van der Waals surface area contributed by atoms with Crippen molar-refractivity contribution in [2.75, 3.05) is 7.05 Å². The van der Waals surface area contributed by atoms with E-state index in [-0.39, 0.29) is 6.04 Å². The van der Waals surface area contributed by atoms with Crippen LogP contribution in [0.5, 0.6) is 0 Å². The molecule has 4 nitrogen and oxygen atoms in total. The van der Waals surface area contributed by atoms with Crippen LogP contribution in [0.1, 0.15) is 16.6 Å². The smallest absolute Gasteiger partial charge is 0.149 e. The van der Waals surface area contributed by atoms with Crippen molar-refractivity contribution < 1.29 is 0 Å². The van der Waals surface area contributed by atoms with Gasteiger partial charge in [0.05, 0.1) is 6.04 Å². The van der Waals surface area contributed by atoms with Gasteiger partial charge < -0.3 is 5.32 Å². The molecule has 0 fully saturated rings. The molecule has 0 spiro atoms. The van der Waals surface area contributed by atoms with Gasteiger partial charge in [0, 0.05) is 22.4 Å². The fourth-order valence-corrected chi connectivity index (χ4v) is 3.40. The van der Waals surface area contributed by atoms with Gasteiger partial charge in [-0.15, -0.1) is 10.2 Å². The number of hydrogen-bond donors (Lipinski definition) is 1. The van der Waals surface area contributed by atoms with Gasteiger partial charge in [0.2, 0.25) is 0 Å². The van der Waals surface area contributed by atoms with Gasteiger partial charge in [-0.05, 0) is 34.6 Å². The zero-order chi connectivity index (χ0) is 14.7. The van der Waals surface area contributed by atoms with Crippen LogP contribution in [-0.4, -0.2) is 22.2 Å². The van der Waals surface area contributed by atoms with E-state index in [1.165, 1.54) is 5.56 Å². The van der Waals surface area contributed by atoms with Crippen LogP contribution >= 0.6 is 27.3 Å². The Bertz CT molecular complexity index is 729. The first-order chi connectivity index (χ1) is 10.3. The monoisotopic (exact) mass is 360 g/mol. The molecule has 0 saturated carbocycles. The SMILES string of the molecule is CNC(c1ccccc1)c1nnc(-c2cncc(Br)c2)s1. The molecule has 0 aliphatic heterocycles. The zero-order valence-electron chi connectivity index (χ0n) is 11.3. The van der Waals surface area contributed by atoms with Crippen LogP contribution in [0.3, 0.4) is 0 Å². The van der Waals surface area contributed by atoms with E-state index >= 15 is 0 Å². The lowest BCUT2D eigenvalue weighted by molar-refractivity contribution is 0.678. The van der Waals surface area contributed by atoms with Crippen LogP contribution in [-0.2, 0) is 0 Å². The molecule has 2 heterocycles. The molecule has 0 bridgehead atoms. The van der Waals surface area contributed by atoms with Gasteiger partial charge in [0.1, 0.15) is 10.0 Å². The van der Waals surface area contributed by atoms with Crippen molar-refractivity contribution in [3.05, 3.63) is 63.8 Å². The van der Waals surface area contributed by atoms with E-state index in [1.807, 2.05) is 31.3 Å². The normalized spacial score (nSPS) is 12.3. The van der Waals surface area contributed by atoms with Crippen molar-refractivity contribution in [1.29, 1.82) is 0 Å². The molecule has 3 aromatic rings. The van der Waals surface area contributed by atoms with E-state index in [0.29, 0.717) is 0 Å². The third-order valence-electron chi connectivity index (χ3n) is 3.06. The van der Waals surface area contributed by atoms with E-state index in [4.69, 9.17) is 0 Å². The van der Waals surface area contributed by atoms with E-state index in [1.54, 1.807) is 23.7 Å². The minimum absolute atomic E-state index is 0.0533. The first-order valence-corrected chi connectivity index (χ1v) is 8.05. The summed E-state index contributed by atoms with van der Waals surface area (Å²) < 4.78 is 0.935. The van der Waals surface area contributed by atoms with E-state index in [9.17, 15) is 0 Å². The van der Waals surface area contributed by atoms with Gasteiger partial charge in [-0.3, -0.25) is 4.98 Å². The number of rotatable bonds is 4. The third-order valence-corrected chi connectivity index (χ3v) is 4.53. The molecule has 6 heteroatoms. The van der Waals surface area contributed by atoms with E-state index in [2.05, 4.69) is 48.6 Å². The van der Waals surface area contributed by atoms with Crippen molar-refractivity contribution in [2.24, 2.45) is 0 Å².